The number of hydrogen-bond acceptors (Lipinski definition) is 4. The van der Waals surface area contributed by atoms with Crippen LogP contribution >= 0.6 is 12.4 Å². The molecule has 1 N–H and O–H groups in total. The molecule has 0 saturated carbocycles. The highest BCUT2D eigenvalue weighted by molar-refractivity contribution is 5.91. The third-order valence-corrected chi connectivity index (χ3v) is 5.33. The molecule has 1 aliphatic carbocycles. The van der Waals surface area contributed by atoms with Crippen molar-refractivity contribution in [3.8, 4) is 11.5 Å². The van der Waals surface area contributed by atoms with E-state index in [1.54, 1.807) is 14.2 Å². The lowest BCUT2D eigenvalue weighted by Crippen LogP contribution is -2.26. The van der Waals surface area contributed by atoms with Crippen molar-refractivity contribution in [1.82, 2.24) is 4.90 Å². The minimum absolute atomic E-state index is 0. The van der Waals surface area contributed by atoms with E-state index in [1.807, 2.05) is 25.2 Å². The highest BCUT2D eigenvalue weighted by Gasteiger charge is 2.12. The molecule has 0 spiro atoms. The van der Waals surface area contributed by atoms with Crippen LogP contribution in [-0.2, 0) is 24.1 Å². The number of likely N-dealkylation sites (N-methyl/N-ethyl adjacent to an activating group) is 1. The molecule has 0 radical (unpaired) electrons. The van der Waals surface area contributed by atoms with Gasteiger partial charge in [0, 0.05) is 25.2 Å². The number of hydrogen-bond donors (Lipinski definition) is 1. The highest BCUT2D eigenvalue weighted by Crippen LogP contribution is 2.28. The Morgan fingerprint density at radius 3 is 2.52 bits per heavy atom. The lowest BCUT2D eigenvalue weighted by molar-refractivity contribution is -0.116. The molecule has 6 heteroatoms. The summed E-state index contributed by atoms with van der Waals surface area (Å²) in [4.78, 5) is 14.5. The van der Waals surface area contributed by atoms with Crippen LogP contribution in [0.3, 0.4) is 0 Å². The van der Waals surface area contributed by atoms with Gasteiger partial charge in [-0.15, -0.1) is 12.4 Å². The van der Waals surface area contributed by atoms with Crippen LogP contribution in [0.15, 0.2) is 36.4 Å². The van der Waals surface area contributed by atoms with E-state index in [4.69, 9.17) is 9.47 Å². The van der Waals surface area contributed by atoms with E-state index >= 15 is 0 Å². The third-order valence-electron chi connectivity index (χ3n) is 5.33. The molecule has 0 saturated heterocycles. The van der Waals surface area contributed by atoms with Crippen molar-refractivity contribution in [3.05, 3.63) is 53.1 Å². The fourth-order valence-electron chi connectivity index (χ4n) is 3.63. The van der Waals surface area contributed by atoms with Gasteiger partial charge in [-0.3, -0.25) is 4.79 Å². The Hall–Kier alpha value is -2.24. The Bertz CT molecular complexity index is 826. The summed E-state index contributed by atoms with van der Waals surface area (Å²) < 4.78 is 10.6. The van der Waals surface area contributed by atoms with Gasteiger partial charge in [-0.25, -0.2) is 0 Å². The maximum absolute atomic E-state index is 12.3. The molecule has 0 unspecified atom stereocenters. The topological polar surface area (TPSA) is 50.8 Å². The lowest BCUT2D eigenvalue weighted by Gasteiger charge is -2.17. The van der Waals surface area contributed by atoms with E-state index in [0.717, 1.165) is 49.5 Å². The molecule has 5 nitrogen and oxygen atoms in total. The minimum Gasteiger partial charge on any atom is -0.493 e. The quantitative estimate of drug-likeness (QED) is 0.665. The lowest BCUT2D eigenvalue weighted by atomic mass is 10.1. The molecule has 2 aromatic rings. The maximum atomic E-state index is 12.3. The summed E-state index contributed by atoms with van der Waals surface area (Å²) in [5, 5.41) is 3.03. The number of ether oxygens (including phenoxy) is 2. The zero-order valence-electron chi connectivity index (χ0n) is 17.5. The Labute approximate surface area is 179 Å². The van der Waals surface area contributed by atoms with Crippen molar-refractivity contribution in [3.63, 3.8) is 0 Å². The first-order valence-corrected chi connectivity index (χ1v) is 9.90. The number of halogens is 1. The number of aryl methyl sites for hydroxylation is 2. The van der Waals surface area contributed by atoms with Crippen molar-refractivity contribution in [1.29, 1.82) is 0 Å². The van der Waals surface area contributed by atoms with Gasteiger partial charge >= 0.3 is 0 Å². The first-order valence-electron chi connectivity index (χ1n) is 9.90. The van der Waals surface area contributed by atoms with E-state index in [9.17, 15) is 4.79 Å². The zero-order chi connectivity index (χ0) is 19.9. The van der Waals surface area contributed by atoms with E-state index in [0.29, 0.717) is 6.42 Å². The summed E-state index contributed by atoms with van der Waals surface area (Å²) in [6.45, 7) is 1.60. The third kappa shape index (κ3) is 6.38. The Kier molecular flexibility index (Phi) is 8.80. The minimum atomic E-state index is 0. The number of carbonyl (C=O) groups excluding carboxylic acids is 1. The monoisotopic (exact) mass is 418 g/mol. The van der Waals surface area contributed by atoms with E-state index < -0.39 is 0 Å². The normalized spacial score (nSPS) is 12.3. The zero-order valence-corrected chi connectivity index (χ0v) is 18.3. The summed E-state index contributed by atoms with van der Waals surface area (Å²) in [6.07, 6.45) is 4.88. The Morgan fingerprint density at radius 1 is 1.00 bits per heavy atom. The Balaban J connectivity index is 0.00000300. The summed E-state index contributed by atoms with van der Waals surface area (Å²) in [6, 6.07) is 12.3. The van der Waals surface area contributed by atoms with Crippen molar-refractivity contribution < 1.29 is 14.3 Å². The predicted molar refractivity (Wildman–Crippen MR) is 120 cm³/mol. The summed E-state index contributed by atoms with van der Waals surface area (Å²) in [7, 11) is 5.33. The van der Waals surface area contributed by atoms with Crippen molar-refractivity contribution >= 4 is 24.0 Å². The first-order chi connectivity index (χ1) is 13.6. The number of amides is 1. The molecule has 158 valence electrons. The van der Waals surface area contributed by atoms with Gasteiger partial charge in [0.25, 0.3) is 0 Å². The summed E-state index contributed by atoms with van der Waals surface area (Å²) >= 11 is 0. The van der Waals surface area contributed by atoms with Crippen LogP contribution < -0.4 is 14.8 Å². The smallest absolute Gasteiger partial charge is 0.225 e. The van der Waals surface area contributed by atoms with Crippen LogP contribution in [0.25, 0.3) is 0 Å². The number of fused-ring (bicyclic) bond motifs is 1. The van der Waals surface area contributed by atoms with Crippen LogP contribution in [0.2, 0.25) is 0 Å². The fourth-order valence-corrected chi connectivity index (χ4v) is 3.63. The number of benzene rings is 2. The van der Waals surface area contributed by atoms with Gasteiger partial charge in [0.2, 0.25) is 5.91 Å². The predicted octanol–water partition coefficient (Wildman–Crippen LogP) is 4.12. The number of nitrogens with zero attached hydrogens (tertiary/aromatic N) is 1. The highest BCUT2D eigenvalue weighted by atomic mass is 35.5. The average molecular weight is 419 g/mol. The van der Waals surface area contributed by atoms with Gasteiger partial charge in [-0.1, -0.05) is 12.1 Å². The standard InChI is InChI=1S/C23H30N2O3.ClH/c1-25(13-11-17-7-10-21(27-2)22(15-17)28-3)14-12-23(26)24-20-9-8-18-5-4-6-19(18)16-20;/h7-10,15-16H,4-6,11-14H2,1-3H3,(H,24,26);1H. The van der Waals surface area contributed by atoms with Gasteiger partial charge in [0.05, 0.1) is 14.2 Å². The molecule has 1 aliphatic rings. The molecule has 0 bridgehead atoms. The number of rotatable bonds is 9. The van der Waals surface area contributed by atoms with Crippen molar-refractivity contribution in [2.75, 3.05) is 39.7 Å². The second-order valence-corrected chi connectivity index (χ2v) is 7.38. The van der Waals surface area contributed by atoms with Gasteiger partial charge in [0.15, 0.2) is 11.5 Å². The molecule has 0 fully saturated rings. The number of methoxy groups -OCH3 is 2. The number of nitrogens with one attached hydrogen (secondary N) is 1. The van der Waals surface area contributed by atoms with Gasteiger partial charge < -0.3 is 19.7 Å². The molecule has 1 amide bonds. The van der Waals surface area contributed by atoms with Crippen LogP contribution in [0.5, 0.6) is 11.5 Å². The molecule has 0 heterocycles. The average Bonchev–Trinajstić information content (AvgIpc) is 3.18. The molecule has 29 heavy (non-hydrogen) atoms. The van der Waals surface area contributed by atoms with Crippen LogP contribution in [0, 0.1) is 0 Å². The SMILES string of the molecule is COc1ccc(CCN(C)CCC(=O)Nc2ccc3c(c2)CCC3)cc1OC.Cl. The fraction of sp³-hybridized carbons (Fsp3) is 0.435. The molecule has 2 aromatic carbocycles. The van der Waals surface area contributed by atoms with E-state index in [2.05, 4.69) is 28.4 Å². The largest absolute Gasteiger partial charge is 0.493 e. The summed E-state index contributed by atoms with van der Waals surface area (Å²) in [5.74, 6) is 1.55. The van der Waals surface area contributed by atoms with Crippen LogP contribution in [-0.4, -0.2) is 45.2 Å². The molecular weight excluding hydrogens is 388 g/mol. The molecule has 0 aliphatic heterocycles. The summed E-state index contributed by atoms with van der Waals surface area (Å²) in [5.41, 5.74) is 4.91. The second kappa shape index (κ2) is 11.1. The van der Waals surface area contributed by atoms with Gasteiger partial charge in [-0.2, -0.15) is 0 Å². The van der Waals surface area contributed by atoms with Crippen molar-refractivity contribution in [2.24, 2.45) is 0 Å². The van der Waals surface area contributed by atoms with E-state index in [1.165, 1.54) is 23.1 Å². The second-order valence-electron chi connectivity index (χ2n) is 7.38. The molecule has 3 rings (SSSR count). The molecule has 0 aromatic heterocycles. The van der Waals surface area contributed by atoms with Crippen molar-refractivity contribution in [2.45, 2.75) is 32.1 Å². The number of carbonyl (C=O) groups is 1. The Morgan fingerprint density at radius 2 is 1.76 bits per heavy atom. The van der Waals surface area contributed by atoms with Gasteiger partial charge in [-0.05, 0) is 73.7 Å². The molecular formula is C23H31ClN2O3. The first kappa shape index (κ1) is 23.0. The van der Waals surface area contributed by atoms with Crippen LogP contribution in [0.4, 0.5) is 5.69 Å². The maximum Gasteiger partial charge on any atom is 0.225 e. The van der Waals surface area contributed by atoms with E-state index in [-0.39, 0.29) is 18.3 Å². The van der Waals surface area contributed by atoms with Crippen LogP contribution in [0.1, 0.15) is 29.5 Å². The molecule has 0 atom stereocenters. The van der Waals surface area contributed by atoms with Gasteiger partial charge in [0.1, 0.15) is 0 Å². The number of anilines is 1.